The van der Waals surface area contributed by atoms with E-state index in [-0.39, 0.29) is 30.8 Å². The van der Waals surface area contributed by atoms with Crippen LogP contribution in [0.2, 0.25) is 0 Å². The molecule has 5 atom stereocenters. The van der Waals surface area contributed by atoms with Gasteiger partial charge in [0.25, 0.3) is 0 Å². The Morgan fingerprint density at radius 3 is 0.722 bits per heavy atom. The molecule has 0 fully saturated rings. The van der Waals surface area contributed by atoms with Gasteiger partial charge in [-0.25, -0.2) is 15.0 Å². The first-order valence-corrected chi connectivity index (χ1v) is 46.1. The summed E-state index contributed by atoms with van der Waals surface area (Å²) < 4.78 is 66.5. The van der Waals surface area contributed by atoms with Gasteiger partial charge in [0, 0.05) is 104 Å². The van der Waals surface area contributed by atoms with E-state index in [4.69, 9.17) is 37.5 Å². The van der Waals surface area contributed by atoms with Crippen molar-refractivity contribution < 1.29 is 27.6 Å². The molecule has 20 aromatic rings. The van der Waals surface area contributed by atoms with E-state index in [9.17, 15) is 0 Å². The van der Waals surface area contributed by atoms with Gasteiger partial charge in [-0.3, -0.25) is 0 Å². The molecule has 13 heterocycles. The molecule has 12 aromatic carbocycles. The summed E-state index contributed by atoms with van der Waals surface area (Å²) in [4.78, 5) is 36.2. The second-order valence-corrected chi connectivity index (χ2v) is 36.4. The van der Waals surface area contributed by atoms with Crippen LogP contribution in [0.15, 0.2) is 308 Å². The molecule has 0 radical (unpaired) electrons. The Balaban J connectivity index is 0.000000102. The number of hydrogen-bond donors (Lipinski definition) is 0. The maximum atomic E-state index is 8.72. The Labute approximate surface area is 782 Å². The molecule has 0 aliphatic carbocycles. The Hall–Kier alpha value is -14.9. The number of para-hydroxylation sites is 9. The molecule has 0 amide bonds. The summed E-state index contributed by atoms with van der Waals surface area (Å²) in [5.41, 5.74) is 27.6. The molecule has 0 saturated carbocycles. The van der Waals surface area contributed by atoms with Crippen LogP contribution in [0.1, 0.15) is 123 Å². The fraction of sp³-hybridized carbons (Fsp3) is 0.243. The Morgan fingerprint density at radius 1 is 0.233 bits per heavy atom. The first kappa shape index (κ1) is 80.2. The van der Waals surface area contributed by atoms with Gasteiger partial charge in [0.05, 0.1) is 73.7 Å². The Kier molecular flexibility index (Phi) is 20.2. The third kappa shape index (κ3) is 13.7. The fourth-order valence-electron chi connectivity index (χ4n) is 21.5. The summed E-state index contributed by atoms with van der Waals surface area (Å²) in [6.07, 6.45) is 5.53. The van der Waals surface area contributed by atoms with E-state index in [1.54, 1.807) is 0 Å². The van der Waals surface area contributed by atoms with E-state index >= 15 is 0 Å². The second-order valence-electron chi connectivity index (χ2n) is 36.4. The van der Waals surface area contributed by atoms with Gasteiger partial charge in [0.1, 0.15) is 58.7 Å². The second kappa shape index (κ2) is 33.5. The van der Waals surface area contributed by atoms with Crippen molar-refractivity contribution in [1.82, 2.24) is 15.0 Å². The van der Waals surface area contributed by atoms with Crippen LogP contribution in [0.3, 0.4) is 0 Å². The normalized spacial score (nSPS) is 17.5. The van der Waals surface area contributed by atoms with Gasteiger partial charge < -0.3 is 71.1 Å². The molecule has 0 bridgehead atoms. The third-order valence-corrected chi connectivity index (χ3v) is 27.4. The van der Waals surface area contributed by atoms with Crippen molar-refractivity contribution >= 4 is 195 Å². The lowest BCUT2D eigenvalue weighted by atomic mass is 10.1. The summed E-state index contributed by atoms with van der Waals surface area (Å²) in [6, 6.07) is 88.1. The highest BCUT2D eigenvalue weighted by atomic mass is 16.3. The quantitative estimate of drug-likeness (QED) is 0.135. The van der Waals surface area contributed by atoms with Crippen molar-refractivity contribution in [2.24, 2.45) is 0 Å². The zero-order valence-electron chi connectivity index (χ0n) is 82.9. The van der Waals surface area contributed by atoms with Crippen LogP contribution < -0.4 is 49.0 Å². The molecule has 5 unspecified atom stereocenters. The molecule has 0 saturated heterocycles. The van der Waals surface area contributed by atoms with Crippen molar-refractivity contribution in [1.29, 1.82) is 0 Å². The van der Waals surface area contributed by atoms with Crippen LogP contribution in [-0.4, -0.2) is 76.9 Å². The van der Waals surface area contributed by atoms with E-state index in [1.807, 2.05) is 189 Å². The number of anilines is 15. The molecule has 5 aliphatic heterocycles. The van der Waals surface area contributed by atoms with Crippen LogP contribution >= 0.6 is 0 Å². The molecule has 133 heavy (non-hydrogen) atoms. The first-order chi connectivity index (χ1) is 65.7. The summed E-state index contributed by atoms with van der Waals surface area (Å²) in [5.74, 6) is 2.71. The molecular formula is C115H113N13O5. The average molecular weight is 1760 g/mol. The largest absolute Gasteiger partial charge is 0.454 e. The number of aromatic nitrogens is 3. The molecular weight excluding hydrogens is 1640 g/mol. The minimum Gasteiger partial charge on any atom is -0.454 e. The fourth-order valence-corrected chi connectivity index (χ4v) is 21.5. The van der Waals surface area contributed by atoms with Gasteiger partial charge in [0.2, 0.25) is 0 Å². The van der Waals surface area contributed by atoms with E-state index in [2.05, 4.69) is 282 Å². The first-order valence-electron chi connectivity index (χ1n) is 48.1. The molecule has 25 rings (SSSR count). The Morgan fingerprint density at radius 2 is 0.444 bits per heavy atom. The molecule has 18 heteroatoms. The maximum Gasteiger partial charge on any atom is 0.159 e. The minimum absolute atomic E-state index is 0.00223. The summed E-state index contributed by atoms with van der Waals surface area (Å²) in [6.45, 7) is 36.8. The average Bonchev–Trinajstić information content (AvgIpc) is 1.60. The van der Waals surface area contributed by atoms with Crippen molar-refractivity contribution in [3.05, 3.63) is 313 Å². The summed E-state index contributed by atoms with van der Waals surface area (Å²) in [5, 5.41) is 11.3. The molecule has 8 aromatic heterocycles. The van der Waals surface area contributed by atoms with Crippen molar-refractivity contribution in [2.45, 2.75) is 180 Å². The van der Waals surface area contributed by atoms with Crippen molar-refractivity contribution in [3.63, 3.8) is 0 Å². The number of rotatable bonds is 9. The van der Waals surface area contributed by atoms with Crippen LogP contribution in [0.5, 0.6) is 0 Å². The molecule has 5 aliphatic rings. The Bertz CT molecular complexity index is 7370. The highest BCUT2D eigenvalue weighted by Crippen LogP contribution is 2.56. The van der Waals surface area contributed by atoms with E-state index in [0.717, 1.165) is 218 Å². The summed E-state index contributed by atoms with van der Waals surface area (Å²) >= 11 is 0. The zero-order valence-corrected chi connectivity index (χ0v) is 78.9. The predicted molar refractivity (Wildman–Crippen MR) is 555 cm³/mol. The molecule has 18 nitrogen and oxygen atoms in total. The minimum atomic E-state index is -0.776. The van der Waals surface area contributed by atoms with E-state index in [0.29, 0.717) is 0 Å². The van der Waals surface area contributed by atoms with Gasteiger partial charge in [-0.2, -0.15) is 0 Å². The number of pyridine rings is 3. The van der Waals surface area contributed by atoms with Gasteiger partial charge in [0.15, 0.2) is 45.4 Å². The monoisotopic (exact) mass is 1760 g/mol. The van der Waals surface area contributed by atoms with Gasteiger partial charge in [-0.05, 0) is 243 Å². The highest BCUT2D eigenvalue weighted by Gasteiger charge is 2.44. The number of benzene rings is 12. The van der Waals surface area contributed by atoms with E-state index < -0.39 is 24.1 Å². The maximum absolute atomic E-state index is 8.72. The standard InChI is InChI=1S/2C24H24N2O.2C23H23N3O.C21H19N3O/c2*1-15(2)25-17(4)26(21-11-7-6-10-20(21)25)23-16(3)13-14-19-18-9-5-8-12-22(18)27-24(19)23;2*1-14(2)25-16(4)26(23-19(25)9-7-13-24-23)21-15(3)11-12-18-17-8-5-6-10-20(17)27-22(18)21;1-13-10-11-16-15-7-4-5-9-18(15)25-20(16)19(13)24-14(2)23(3)17-8-6-12-22-21(17)24/h2*5-15,17H,1-4H3;2*5-14,16H,1-4H3;4-12,14H,1-3H3/i2*15D;2*14D;. The van der Waals surface area contributed by atoms with Crippen molar-refractivity contribution in [3.8, 4) is 0 Å². The number of fused-ring (bicyclic) bond motifs is 20. The molecule has 0 spiro atoms. The number of nitrogens with zero attached hydrogens (tertiary/aromatic N) is 13. The smallest absolute Gasteiger partial charge is 0.159 e. The van der Waals surface area contributed by atoms with Gasteiger partial charge in [-0.15, -0.1) is 0 Å². The predicted octanol–water partition coefficient (Wildman–Crippen LogP) is 30.4. The number of aryl methyl sites for hydroxylation is 5. The summed E-state index contributed by atoms with van der Waals surface area (Å²) in [7, 11) is 2.11. The zero-order chi connectivity index (χ0) is 95.6. The van der Waals surface area contributed by atoms with Gasteiger partial charge in [-0.1, -0.05) is 176 Å². The van der Waals surface area contributed by atoms with E-state index in [1.165, 1.54) is 5.56 Å². The number of hydrogen-bond acceptors (Lipinski definition) is 18. The highest BCUT2D eigenvalue weighted by molar-refractivity contribution is 6.16. The topological polar surface area (TPSA) is 137 Å². The van der Waals surface area contributed by atoms with Crippen LogP contribution in [0, 0.1) is 34.6 Å². The SMILES string of the molecule is Cc1ccc2c(oc3ccccc32)c1N1c2ncccc2N(C)C1C.[2H]C(C)(C)N1c2ccccc2N(c2c(C)ccc3c2oc2ccccc23)C1C.[2H]C(C)(C)N1c2ccccc2N(c2c(C)ccc3c2oc2ccccc23)C1C.[2H]C(C)(C)N1c2cccnc2N(c2c(C)ccc3c2oc2ccccc23)C1C.[2H]C(C)(C)N1c2cccnc2N(c2c(C)ccc3c2oc2ccccc23)C1C. The van der Waals surface area contributed by atoms with Crippen LogP contribution in [-0.2, 0) is 0 Å². The lowest BCUT2D eigenvalue weighted by molar-refractivity contribution is 0.602. The lowest BCUT2D eigenvalue weighted by Crippen LogP contribution is -2.42. The third-order valence-electron chi connectivity index (χ3n) is 27.4. The molecule has 0 N–H and O–H groups in total. The van der Waals surface area contributed by atoms with Crippen LogP contribution in [0.4, 0.5) is 85.7 Å². The van der Waals surface area contributed by atoms with Gasteiger partial charge >= 0.3 is 0 Å². The van der Waals surface area contributed by atoms with Crippen LogP contribution in [0.25, 0.3) is 110 Å². The molecule has 668 valence electrons. The lowest BCUT2D eigenvalue weighted by Gasteiger charge is -2.33. The number of furan rings is 5. The van der Waals surface area contributed by atoms with Crippen molar-refractivity contribution in [2.75, 3.05) is 56.0 Å².